The molecule has 90 valence electrons. The van der Waals surface area contributed by atoms with Crippen LogP contribution in [0.25, 0.3) is 0 Å². The molecular formula is C14H19N3. The first-order valence-electron chi connectivity index (χ1n) is 6.13. The van der Waals surface area contributed by atoms with Crippen LogP contribution in [0.4, 0.5) is 0 Å². The van der Waals surface area contributed by atoms with E-state index in [1.54, 1.807) is 0 Å². The van der Waals surface area contributed by atoms with Crippen molar-refractivity contribution < 1.29 is 0 Å². The van der Waals surface area contributed by atoms with Gasteiger partial charge in [-0.1, -0.05) is 30.3 Å². The van der Waals surface area contributed by atoms with Crippen molar-refractivity contribution in [1.82, 2.24) is 9.80 Å². The first-order valence-corrected chi connectivity index (χ1v) is 6.13. The van der Waals surface area contributed by atoms with Crippen LogP contribution in [0, 0.1) is 11.3 Å². The van der Waals surface area contributed by atoms with E-state index in [-0.39, 0.29) is 0 Å². The number of likely N-dealkylation sites (N-methyl/N-ethyl adjacent to an activating group) is 1. The number of nitrogens with zero attached hydrogens (tertiary/aromatic N) is 3. The molecule has 0 aliphatic carbocycles. The molecule has 3 nitrogen and oxygen atoms in total. The molecule has 1 heterocycles. The summed E-state index contributed by atoms with van der Waals surface area (Å²) in [5.74, 6) is 0. The van der Waals surface area contributed by atoms with Crippen molar-refractivity contribution in [3.05, 3.63) is 35.9 Å². The Bertz CT molecular complexity index is 382. The van der Waals surface area contributed by atoms with E-state index in [0.717, 1.165) is 26.2 Å². The van der Waals surface area contributed by atoms with Gasteiger partial charge in [0.05, 0.1) is 12.5 Å². The van der Waals surface area contributed by atoms with Crippen LogP contribution in [0.2, 0.25) is 0 Å². The standard InChI is InChI=1S/C14H19N3/c1-16-9-10-17(12-14(16)7-8-15)11-13-5-3-2-4-6-13/h2-6,14H,7,9-12H2,1H3. The highest BCUT2D eigenvalue weighted by Crippen LogP contribution is 2.13. The summed E-state index contributed by atoms with van der Waals surface area (Å²) < 4.78 is 0. The number of nitriles is 1. The fourth-order valence-electron chi connectivity index (χ4n) is 2.32. The Morgan fingerprint density at radius 3 is 2.76 bits per heavy atom. The lowest BCUT2D eigenvalue weighted by Gasteiger charge is -2.38. The molecule has 1 aromatic rings. The second-order valence-electron chi connectivity index (χ2n) is 4.72. The van der Waals surface area contributed by atoms with Gasteiger partial charge in [-0.2, -0.15) is 5.26 Å². The highest BCUT2D eigenvalue weighted by molar-refractivity contribution is 5.14. The summed E-state index contributed by atoms with van der Waals surface area (Å²) in [6.07, 6.45) is 0.627. The van der Waals surface area contributed by atoms with Crippen molar-refractivity contribution in [2.75, 3.05) is 26.7 Å². The summed E-state index contributed by atoms with van der Waals surface area (Å²) in [4.78, 5) is 4.74. The van der Waals surface area contributed by atoms with Crippen molar-refractivity contribution in [1.29, 1.82) is 5.26 Å². The van der Waals surface area contributed by atoms with Crippen LogP contribution in [0.3, 0.4) is 0 Å². The van der Waals surface area contributed by atoms with Crippen molar-refractivity contribution >= 4 is 0 Å². The molecule has 1 saturated heterocycles. The van der Waals surface area contributed by atoms with Gasteiger partial charge in [-0.15, -0.1) is 0 Å². The smallest absolute Gasteiger partial charge is 0.0638 e. The second kappa shape index (κ2) is 5.81. The molecule has 1 aromatic carbocycles. The van der Waals surface area contributed by atoms with Crippen molar-refractivity contribution in [2.24, 2.45) is 0 Å². The minimum atomic E-state index is 0.387. The van der Waals surface area contributed by atoms with Crippen LogP contribution in [-0.4, -0.2) is 42.5 Å². The topological polar surface area (TPSA) is 30.3 Å². The Labute approximate surface area is 103 Å². The van der Waals surface area contributed by atoms with E-state index in [2.05, 4.69) is 47.2 Å². The SMILES string of the molecule is CN1CCN(Cc2ccccc2)CC1CC#N. The Kier molecular flexibility index (Phi) is 4.13. The minimum absolute atomic E-state index is 0.387. The fourth-order valence-corrected chi connectivity index (χ4v) is 2.32. The van der Waals surface area contributed by atoms with E-state index in [1.165, 1.54) is 5.56 Å². The largest absolute Gasteiger partial charge is 0.300 e. The molecule has 1 atom stereocenters. The molecule has 0 saturated carbocycles. The molecule has 0 aromatic heterocycles. The Morgan fingerprint density at radius 1 is 1.29 bits per heavy atom. The second-order valence-corrected chi connectivity index (χ2v) is 4.72. The van der Waals surface area contributed by atoms with Crippen molar-refractivity contribution in [2.45, 2.75) is 19.0 Å². The summed E-state index contributed by atoms with van der Waals surface area (Å²) in [6.45, 7) is 4.14. The minimum Gasteiger partial charge on any atom is -0.300 e. The quantitative estimate of drug-likeness (QED) is 0.790. The van der Waals surface area contributed by atoms with Crippen molar-refractivity contribution in [3.8, 4) is 6.07 Å². The highest BCUT2D eigenvalue weighted by Gasteiger charge is 2.23. The average Bonchev–Trinajstić information content (AvgIpc) is 2.35. The summed E-state index contributed by atoms with van der Waals surface area (Å²) in [5.41, 5.74) is 1.35. The third kappa shape index (κ3) is 3.29. The molecule has 1 aliphatic heterocycles. The average molecular weight is 229 g/mol. The van der Waals surface area contributed by atoms with Crippen LogP contribution in [-0.2, 0) is 6.54 Å². The van der Waals surface area contributed by atoms with Crippen molar-refractivity contribution in [3.63, 3.8) is 0 Å². The van der Waals surface area contributed by atoms with E-state index in [1.807, 2.05) is 6.07 Å². The summed E-state index contributed by atoms with van der Waals surface area (Å²) >= 11 is 0. The first kappa shape index (κ1) is 12.1. The number of hydrogen-bond acceptors (Lipinski definition) is 3. The molecule has 0 amide bonds. The van der Waals surface area contributed by atoms with Gasteiger partial charge in [0.2, 0.25) is 0 Å². The van der Waals surface area contributed by atoms with Gasteiger partial charge in [-0.25, -0.2) is 0 Å². The molecular weight excluding hydrogens is 210 g/mol. The predicted molar refractivity (Wildman–Crippen MR) is 68.4 cm³/mol. The van der Waals surface area contributed by atoms with E-state index in [9.17, 15) is 0 Å². The van der Waals surface area contributed by atoms with Gasteiger partial charge >= 0.3 is 0 Å². The van der Waals surface area contributed by atoms with Gasteiger partial charge in [-0.05, 0) is 12.6 Å². The zero-order valence-corrected chi connectivity index (χ0v) is 10.3. The maximum absolute atomic E-state index is 8.82. The van der Waals surface area contributed by atoms with E-state index in [0.29, 0.717) is 12.5 Å². The van der Waals surface area contributed by atoms with Crippen LogP contribution in [0.5, 0.6) is 0 Å². The summed E-state index contributed by atoms with van der Waals surface area (Å²) in [5, 5.41) is 8.82. The molecule has 1 unspecified atom stereocenters. The zero-order chi connectivity index (χ0) is 12.1. The first-order chi connectivity index (χ1) is 8.29. The van der Waals surface area contributed by atoms with Crippen LogP contribution in [0.1, 0.15) is 12.0 Å². The lowest BCUT2D eigenvalue weighted by Crippen LogP contribution is -2.50. The highest BCUT2D eigenvalue weighted by atomic mass is 15.3. The number of piperazine rings is 1. The van der Waals surface area contributed by atoms with Crippen LogP contribution in [0.15, 0.2) is 30.3 Å². The van der Waals surface area contributed by atoms with E-state index < -0.39 is 0 Å². The lowest BCUT2D eigenvalue weighted by atomic mass is 10.1. The van der Waals surface area contributed by atoms with Gasteiger partial charge in [0.1, 0.15) is 0 Å². The van der Waals surface area contributed by atoms with Gasteiger partial charge in [0.15, 0.2) is 0 Å². The monoisotopic (exact) mass is 229 g/mol. The molecule has 0 radical (unpaired) electrons. The number of rotatable bonds is 3. The summed E-state index contributed by atoms with van der Waals surface area (Å²) in [6, 6.07) is 13.2. The van der Waals surface area contributed by atoms with Crippen LogP contribution >= 0.6 is 0 Å². The predicted octanol–water partition coefficient (Wildman–Crippen LogP) is 1.72. The molecule has 0 spiro atoms. The molecule has 0 bridgehead atoms. The Hall–Kier alpha value is -1.37. The molecule has 0 N–H and O–H groups in total. The summed E-state index contributed by atoms with van der Waals surface area (Å²) in [7, 11) is 2.11. The third-order valence-electron chi connectivity index (χ3n) is 3.44. The normalized spacial score (nSPS) is 22.2. The Morgan fingerprint density at radius 2 is 2.06 bits per heavy atom. The zero-order valence-electron chi connectivity index (χ0n) is 10.3. The van der Waals surface area contributed by atoms with E-state index in [4.69, 9.17) is 5.26 Å². The third-order valence-corrected chi connectivity index (χ3v) is 3.44. The lowest BCUT2D eigenvalue weighted by molar-refractivity contribution is 0.0927. The number of benzene rings is 1. The Balaban J connectivity index is 1.93. The maximum Gasteiger partial charge on any atom is 0.0638 e. The van der Waals surface area contributed by atoms with Gasteiger partial charge in [0.25, 0.3) is 0 Å². The maximum atomic E-state index is 8.82. The molecule has 1 fully saturated rings. The van der Waals surface area contributed by atoms with E-state index >= 15 is 0 Å². The molecule has 17 heavy (non-hydrogen) atoms. The molecule has 2 rings (SSSR count). The number of hydrogen-bond donors (Lipinski definition) is 0. The van der Waals surface area contributed by atoms with Crippen LogP contribution < -0.4 is 0 Å². The fraction of sp³-hybridized carbons (Fsp3) is 0.500. The molecule has 1 aliphatic rings. The van der Waals surface area contributed by atoms with Gasteiger partial charge in [0, 0.05) is 32.2 Å². The van der Waals surface area contributed by atoms with Gasteiger partial charge < -0.3 is 0 Å². The van der Waals surface area contributed by atoms with Gasteiger partial charge in [-0.3, -0.25) is 9.80 Å². The molecule has 3 heteroatoms.